The van der Waals surface area contributed by atoms with Gasteiger partial charge in [0.1, 0.15) is 5.75 Å². The number of nitrogens with zero attached hydrogens (tertiary/aromatic N) is 2. The van der Waals surface area contributed by atoms with Crippen LogP contribution in [0.1, 0.15) is 20.8 Å². The molecule has 1 atom stereocenters. The predicted octanol–water partition coefficient (Wildman–Crippen LogP) is 2.22. The number of methoxy groups -OCH3 is 1. The van der Waals surface area contributed by atoms with Crippen molar-refractivity contribution in [1.82, 2.24) is 4.90 Å². The second kappa shape index (κ2) is 6.67. The first-order valence-corrected chi connectivity index (χ1v) is 7.69. The molecule has 0 aliphatic carbocycles. The van der Waals surface area contributed by atoms with Crippen LogP contribution < -0.4 is 9.64 Å². The fraction of sp³-hybridized carbons (Fsp3) is 0.647. The Labute approximate surface area is 128 Å². The molecule has 21 heavy (non-hydrogen) atoms. The first-order valence-electron chi connectivity index (χ1n) is 7.69. The lowest BCUT2D eigenvalue weighted by Crippen LogP contribution is -2.50. The van der Waals surface area contributed by atoms with E-state index in [2.05, 4.69) is 42.7 Å². The first-order chi connectivity index (χ1) is 9.90. The number of β-amino-alcohol motifs (C(OH)–C–C–N with tert-alkyl or cyclic N) is 1. The minimum atomic E-state index is -0.273. The van der Waals surface area contributed by atoms with Crippen LogP contribution in [-0.4, -0.2) is 55.9 Å². The Bertz CT molecular complexity index is 431. The zero-order valence-electron chi connectivity index (χ0n) is 13.7. The van der Waals surface area contributed by atoms with Gasteiger partial charge in [-0.2, -0.15) is 0 Å². The molecule has 4 heteroatoms. The maximum atomic E-state index is 10.2. The van der Waals surface area contributed by atoms with Crippen LogP contribution in [0.5, 0.6) is 5.75 Å². The van der Waals surface area contributed by atoms with Gasteiger partial charge in [0.2, 0.25) is 0 Å². The summed E-state index contributed by atoms with van der Waals surface area (Å²) in [7, 11) is 1.69. The summed E-state index contributed by atoms with van der Waals surface area (Å²) < 4.78 is 5.19. The largest absolute Gasteiger partial charge is 0.497 e. The lowest BCUT2D eigenvalue weighted by atomic mass is 9.89. The van der Waals surface area contributed by atoms with Crippen molar-refractivity contribution in [3.8, 4) is 5.75 Å². The van der Waals surface area contributed by atoms with Crippen molar-refractivity contribution in [2.45, 2.75) is 26.9 Å². The van der Waals surface area contributed by atoms with Gasteiger partial charge < -0.3 is 14.7 Å². The number of ether oxygens (including phenoxy) is 1. The van der Waals surface area contributed by atoms with Gasteiger partial charge in [0.15, 0.2) is 0 Å². The molecule has 1 unspecified atom stereocenters. The van der Waals surface area contributed by atoms with Crippen LogP contribution in [0.15, 0.2) is 24.3 Å². The molecule has 1 heterocycles. The molecule has 1 N–H and O–H groups in total. The lowest BCUT2D eigenvalue weighted by molar-refractivity contribution is 0.0270. The van der Waals surface area contributed by atoms with Crippen molar-refractivity contribution in [3.63, 3.8) is 0 Å². The summed E-state index contributed by atoms with van der Waals surface area (Å²) in [6, 6.07) is 8.23. The zero-order valence-corrected chi connectivity index (χ0v) is 13.7. The van der Waals surface area contributed by atoms with Crippen LogP contribution in [0.4, 0.5) is 5.69 Å². The van der Waals surface area contributed by atoms with E-state index in [1.807, 2.05) is 12.1 Å². The van der Waals surface area contributed by atoms with Crippen LogP contribution in [-0.2, 0) is 0 Å². The number of rotatable bonds is 4. The highest BCUT2D eigenvalue weighted by Crippen LogP contribution is 2.22. The Morgan fingerprint density at radius 3 is 2.14 bits per heavy atom. The van der Waals surface area contributed by atoms with Crippen LogP contribution in [0.3, 0.4) is 0 Å². The summed E-state index contributed by atoms with van der Waals surface area (Å²) in [5.74, 6) is 0.894. The smallest absolute Gasteiger partial charge is 0.119 e. The summed E-state index contributed by atoms with van der Waals surface area (Å²) in [6.07, 6.45) is -0.273. The van der Waals surface area contributed by atoms with E-state index in [9.17, 15) is 5.11 Å². The van der Waals surface area contributed by atoms with E-state index in [1.165, 1.54) is 5.69 Å². The number of piperazine rings is 1. The van der Waals surface area contributed by atoms with Gasteiger partial charge in [-0.3, -0.25) is 4.90 Å². The number of aliphatic hydroxyl groups excluding tert-OH is 1. The molecule has 1 aliphatic heterocycles. The quantitative estimate of drug-likeness (QED) is 0.923. The maximum absolute atomic E-state index is 10.2. The highest BCUT2D eigenvalue weighted by atomic mass is 16.5. The predicted molar refractivity (Wildman–Crippen MR) is 87.1 cm³/mol. The second-order valence-electron chi connectivity index (χ2n) is 6.87. The number of benzene rings is 1. The van der Waals surface area contributed by atoms with E-state index in [-0.39, 0.29) is 11.5 Å². The number of hydrogen-bond donors (Lipinski definition) is 1. The van der Waals surface area contributed by atoms with Gasteiger partial charge in [-0.15, -0.1) is 0 Å². The monoisotopic (exact) mass is 292 g/mol. The van der Waals surface area contributed by atoms with Crippen molar-refractivity contribution in [2.75, 3.05) is 44.7 Å². The molecule has 1 saturated heterocycles. The Balaban J connectivity index is 1.85. The lowest BCUT2D eigenvalue weighted by Gasteiger charge is -2.38. The third-order valence-electron chi connectivity index (χ3n) is 4.24. The number of anilines is 1. The fourth-order valence-electron chi connectivity index (χ4n) is 2.50. The van der Waals surface area contributed by atoms with E-state index in [0.29, 0.717) is 0 Å². The molecule has 0 spiro atoms. The molecule has 0 saturated carbocycles. The Kier molecular flexibility index (Phi) is 5.12. The van der Waals surface area contributed by atoms with Crippen LogP contribution in [0.2, 0.25) is 0 Å². The Hall–Kier alpha value is -1.26. The summed E-state index contributed by atoms with van der Waals surface area (Å²) in [6.45, 7) is 11.0. The summed E-state index contributed by atoms with van der Waals surface area (Å²) >= 11 is 0. The average molecular weight is 292 g/mol. The summed E-state index contributed by atoms with van der Waals surface area (Å²) in [5, 5.41) is 10.2. The molecule has 1 aliphatic rings. The molecule has 0 bridgehead atoms. The highest BCUT2D eigenvalue weighted by Gasteiger charge is 2.26. The second-order valence-corrected chi connectivity index (χ2v) is 6.87. The molecule has 118 valence electrons. The van der Waals surface area contributed by atoms with Crippen LogP contribution in [0, 0.1) is 5.41 Å². The third kappa shape index (κ3) is 4.35. The SMILES string of the molecule is COc1ccc(N2CCN(CC(O)C(C)(C)C)CC2)cc1. The van der Waals surface area contributed by atoms with Gasteiger partial charge in [-0.1, -0.05) is 20.8 Å². The minimum absolute atomic E-state index is 0.0485. The first kappa shape index (κ1) is 16.1. The molecule has 1 aromatic carbocycles. The summed E-state index contributed by atoms with van der Waals surface area (Å²) in [5.41, 5.74) is 1.19. The Morgan fingerprint density at radius 2 is 1.67 bits per heavy atom. The standard InChI is InChI=1S/C17H28N2O2/c1-17(2,3)16(20)13-18-9-11-19(12-10-18)14-5-7-15(21-4)8-6-14/h5-8,16,20H,9-13H2,1-4H3. The average Bonchev–Trinajstić information content (AvgIpc) is 2.47. The zero-order chi connectivity index (χ0) is 15.5. The molecular formula is C17H28N2O2. The molecule has 2 rings (SSSR count). The van der Waals surface area contributed by atoms with Crippen molar-refractivity contribution < 1.29 is 9.84 Å². The molecule has 1 fully saturated rings. The summed E-state index contributed by atoms with van der Waals surface area (Å²) in [4.78, 5) is 4.75. The van der Waals surface area contributed by atoms with E-state index >= 15 is 0 Å². The van der Waals surface area contributed by atoms with E-state index in [4.69, 9.17) is 4.74 Å². The van der Waals surface area contributed by atoms with E-state index in [1.54, 1.807) is 7.11 Å². The molecule has 1 aromatic rings. The van der Waals surface area contributed by atoms with E-state index < -0.39 is 0 Å². The normalized spacial score (nSPS) is 18.6. The van der Waals surface area contributed by atoms with Crippen molar-refractivity contribution >= 4 is 5.69 Å². The molecule has 0 aromatic heterocycles. The van der Waals surface area contributed by atoms with Gasteiger partial charge in [0.05, 0.1) is 13.2 Å². The van der Waals surface area contributed by atoms with Gasteiger partial charge in [0, 0.05) is 38.4 Å². The van der Waals surface area contributed by atoms with Gasteiger partial charge in [-0.25, -0.2) is 0 Å². The minimum Gasteiger partial charge on any atom is -0.497 e. The van der Waals surface area contributed by atoms with Crippen LogP contribution in [0.25, 0.3) is 0 Å². The highest BCUT2D eigenvalue weighted by molar-refractivity contribution is 5.49. The van der Waals surface area contributed by atoms with Crippen molar-refractivity contribution in [1.29, 1.82) is 0 Å². The van der Waals surface area contributed by atoms with Gasteiger partial charge >= 0.3 is 0 Å². The topological polar surface area (TPSA) is 35.9 Å². The molecule has 0 amide bonds. The number of hydrogen-bond acceptors (Lipinski definition) is 4. The molecule has 4 nitrogen and oxygen atoms in total. The third-order valence-corrected chi connectivity index (χ3v) is 4.24. The fourth-order valence-corrected chi connectivity index (χ4v) is 2.50. The van der Waals surface area contributed by atoms with E-state index in [0.717, 1.165) is 38.5 Å². The van der Waals surface area contributed by atoms with Crippen molar-refractivity contribution in [2.24, 2.45) is 5.41 Å². The maximum Gasteiger partial charge on any atom is 0.119 e. The van der Waals surface area contributed by atoms with Gasteiger partial charge in [-0.05, 0) is 29.7 Å². The number of aliphatic hydroxyl groups is 1. The van der Waals surface area contributed by atoms with Crippen LogP contribution >= 0.6 is 0 Å². The van der Waals surface area contributed by atoms with Crippen molar-refractivity contribution in [3.05, 3.63) is 24.3 Å². The molecule has 0 radical (unpaired) electrons. The Morgan fingerprint density at radius 1 is 1.10 bits per heavy atom. The van der Waals surface area contributed by atoms with Gasteiger partial charge in [0.25, 0.3) is 0 Å². The molecular weight excluding hydrogens is 264 g/mol.